The van der Waals surface area contributed by atoms with Gasteiger partial charge in [-0.1, -0.05) is 12.1 Å². The van der Waals surface area contributed by atoms with Crippen LogP contribution in [0.15, 0.2) is 42.6 Å². The molecule has 0 aliphatic rings. The van der Waals surface area contributed by atoms with Gasteiger partial charge in [-0.05, 0) is 29.8 Å². The summed E-state index contributed by atoms with van der Waals surface area (Å²) < 4.78 is 0. The van der Waals surface area contributed by atoms with Crippen molar-refractivity contribution in [2.75, 3.05) is 0 Å². The molecule has 2 aromatic rings. The topological polar surface area (TPSA) is 76.2 Å². The maximum absolute atomic E-state index is 12.0. The summed E-state index contributed by atoms with van der Waals surface area (Å²) in [5, 5.41) is 9.17. The molecule has 1 aromatic heterocycles. The van der Waals surface area contributed by atoms with Crippen molar-refractivity contribution < 1.29 is 9.90 Å². The highest BCUT2D eigenvalue weighted by Crippen LogP contribution is 2.12. The number of rotatable bonds is 4. The molecular formula is C14H14N2O2. The predicted octanol–water partition coefficient (Wildman–Crippen LogP) is 1.67. The van der Waals surface area contributed by atoms with E-state index in [9.17, 15) is 4.79 Å². The number of pyridine rings is 1. The molecule has 0 atom stereocenters. The van der Waals surface area contributed by atoms with E-state index in [4.69, 9.17) is 10.8 Å². The van der Waals surface area contributed by atoms with Crippen LogP contribution >= 0.6 is 0 Å². The van der Waals surface area contributed by atoms with Gasteiger partial charge in [0.15, 0.2) is 5.78 Å². The number of benzene rings is 1. The number of carbonyl (C=O) groups excluding carboxylic acids is 1. The molecule has 0 aliphatic carbocycles. The average molecular weight is 242 g/mol. The molecule has 4 nitrogen and oxygen atoms in total. The SMILES string of the molecule is NCc1cc(C(=O)Cc2ccc(O)cc2)ccn1. The molecule has 1 aromatic carbocycles. The van der Waals surface area contributed by atoms with Crippen molar-refractivity contribution in [3.63, 3.8) is 0 Å². The van der Waals surface area contributed by atoms with E-state index in [1.807, 2.05) is 0 Å². The lowest BCUT2D eigenvalue weighted by atomic mass is 10.0. The number of hydrogen-bond acceptors (Lipinski definition) is 4. The number of phenols is 1. The fourth-order valence-corrected chi connectivity index (χ4v) is 1.66. The Hall–Kier alpha value is -2.20. The minimum Gasteiger partial charge on any atom is -0.508 e. The van der Waals surface area contributed by atoms with E-state index in [1.165, 1.54) is 0 Å². The summed E-state index contributed by atoms with van der Waals surface area (Å²) in [6.07, 6.45) is 1.89. The van der Waals surface area contributed by atoms with Gasteiger partial charge in [0.25, 0.3) is 0 Å². The standard InChI is InChI=1S/C14H14N2O2/c15-9-12-8-11(5-6-16-12)14(18)7-10-1-3-13(17)4-2-10/h1-6,8,17H,7,9,15H2. The van der Waals surface area contributed by atoms with Gasteiger partial charge < -0.3 is 10.8 Å². The molecule has 0 unspecified atom stereocenters. The highest BCUT2D eigenvalue weighted by Gasteiger charge is 2.08. The predicted molar refractivity (Wildman–Crippen MR) is 68.3 cm³/mol. The average Bonchev–Trinajstić information content (AvgIpc) is 2.41. The quantitative estimate of drug-likeness (QED) is 0.800. The smallest absolute Gasteiger partial charge is 0.167 e. The van der Waals surface area contributed by atoms with E-state index in [-0.39, 0.29) is 11.5 Å². The van der Waals surface area contributed by atoms with Crippen molar-refractivity contribution in [3.8, 4) is 5.75 Å². The second-order valence-corrected chi connectivity index (χ2v) is 4.01. The Balaban J connectivity index is 2.14. The first-order valence-electron chi connectivity index (χ1n) is 5.65. The molecule has 92 valence electrons. The molecular weight excluding hydrogens is 228 g/mol. The molecule has 0 radical (unpaired) electrons. The Morgan fingerprint density at radius 1 is 1.22 bits per heavy atom. The van der Waals surface area contributed by atoms with Gasteiger partial charge in [-0.3, -0.25) is 9.78 Å². The third-order valence-corrected chi connectivity index (χ3v) is 2.65. The maximum Gasteiger partial charge on any atom is 0.167 e. The summed E-state index contributed by atoms with van der Waals surface area (Å²) in [4.78, 5) is 16.1. The first-order chi connectivity index (χ1) is 8.69. The Morgan fingerprint density at radius 2 is 1.94 bits per heavy atom. The first kappa shape index (κ1) is 12.3. The Morgan fingerprint density at radius 3 is 2.61 bits per heavy atom. The molecule has 0 aliphatic heterocycles. The van der Waals surface area contributed by atoms with Crippen LogP contribution in [0.4, 0.5) is 0 Å². The number of nitrogens with zero attached hydrogens (tertiary/aromatic N) is 1. The summed E-state index contributed by atoms with van der Waals surface area (Å²) in [5.41, 5.74) is 7.66. The lowest BCUT2D eigenvalue weighted by Crippen LogP contribution is -2.06. The van der Waals surface area contributed by atoms with Crippen LogP contribution in [-0.4, -0.2) is 15.9 Å². The molecule has 4 heteroatoms. The van der Waals surface area contributed by atoms with Crippen molar-refractivity contribution in [2.24, 2.45) is 5.73 Å². The van der Waals surface area contributed by atoms with Gasteiger partial charge >= 0.3 is 0 Å². The molecule has 0 spiro atoms. The molecule has 0 bridgehead atoms. The van der Waals surface area contributed by atoms with Crippen LogP contribution in [0.2, 0.25) is 0 Å². The highest BCUT2D eigenvalue weighted by atomic mass is 16.3. The van der Waals surface area contributed by atoms with Crippen LogP contribution in [-0.2, 0) is 13.0 Å². The molecule has 0 saturated carbocycles. The number of hydrogen-bond donors (Lipinski definition) is 2. The van der Waals surface area contributed by atoms with Crippen LogP contribution in [0.5, 0.6) is 5.75 Å². The summed E-state index contributed by atoms with van der Waals surface area (Å²) in [6, 6.07) is 10.0. The molecule has 1 heterocycles. The minimum absolute atomic E-state index is 0.0118. The van der Waals surface area contributed by atoms with E-state index >= 15 is 0 Å². The summed E-state index contributed by atoms with van der Waals surface area (Å²) >= 11 is 0. The van der Waals surface area contributed by atoms with E-state index in [0.717, 1.165) is 5.56 Å². The van der Waals surface area contributed by atoms with E-state index < -0.39 is 0 Å². The van der Waals surface area contributed by atoms with Gasteiger partial charge in [-0.2, -0.15) is 0 Å². The third-order valence-electron chi connectivity index (χ3n) is 2.65. The van der Waals surface area contributed by atoms with Gasteiger partial charge in [0, 0.05) is 24.7 Å². The zero-order valence-corrected chi connectivity index (χ0v) is 9.84. The van der Waals surface area contributed by atoms with E-state index in [1.54, 1.807) is 42.6 Å². The fraction of sp³-hybridized carbons (Fsp3) is 0.143. The van der Waals surface area contributed by atoms with Crippen molar-refractivity contribution in [3.05, 3.63) is 59.4 Å². The fourth-order valence-electron chi connectivity index (χ4n) is 1.66. The molecule has 3 N–H and O–H groups in total. The highest BCUT2D eigenvalue weighted by molar-refractivity contribution is 5.97. The van der Waals surface area contributed by atoms with Gasteiger partial charge in [-0.25, -0.2) is 0 Å². The van der Waals surface area contributed by atoms with Crippen molar-refractivity contribution in [1.82, 2.24) is 4.98 Å². The molecule has 2 rings (SSSR count). The largest absolute Gasteiger partial charge is 0.508 e. The summed E-state index contributed by atoms with van der Waals surface area (Å²) in [7, 11) is 0. The van der Waals surface area contributed by atoms with Crippen molar-refractivity contribution in [2.45, 2.75) is 13.0 Å². The first-order valence-corrected chi connectivity index (χ1v) is 5.65. The van der Waals surface area contributed by atoms with E-state index in [0.29, 0.717) is 24.2 Å². The number of nitrogens with two attached hydrogens (primary N) is 1. The summed E-state index contributed by atoms with van der Waals surface area (Å²) in [5.74, 6) is 0.207. The van der Waals surface area contributed by atoms with Crippen molar-refractivity contribution in [1.29, 1.82) is 0 Å². The lowest BCUT2D eigenvalue weighted by molar-refractivity contribution is 0.0992. The zero-order valence-electron chi connectivity index (χ0n) is 9.84. The molecule has 0 fully saturated rings. The van der Waals surface area contributed by atoms with Gasteiger partial charge in [0.1, 0.15) is 5.75 Å². The number of aromatic hydroxyl groups is 1. The molecule has 18 heavy (non-hydrogen) atoms. The van der Waals surface area contributed by atoms with Crippen LogP contribution in [0.1, 0.15) is 21.6 Å². The van der Waals surface area contributed by atoms with Gasteiger partial charge in [0.2, 0.25) is 0 Å². The van der Waals surface area contributed by atoms with Gasteiger partial charge in [-0.15, -0.1) is 0 Å². The number of ketones is 1. The van der Waals surface area contributed by atoms with Gasteiger partial charge in [0.05, 0.1) is 5.69 Å². The van der Waals surface area contributed by atoms with Crippen LogP contribution < -0.4 is 5.73 Å². The second-order valence-electron chi connectivity index (χ2n) is 4.01. The monoisotopic (exact) mass is 242 g/mol. The van der Waals surface area contributed by atoms with E-state index in [2.05, 4.69) is 4.98 Å². The lowest BCUT2D eigenvalue weighted by Gasteiger charge is -2.03. The minimum atomic E-state index is 0.0118. The van der Waals surface area contributed by atoms with Crippen LogP contribution in [0, 0.1) is 0 Å². The number of phenolic OH excluding ortho intramolecular Hbond substituents is 1. The Labute approximate surface area is 105 Å². The van der Waals surface area contributed by atoms with Crippen LogP contribution in [0.3, 0.4) is 0 Å². The number of carbonyl (C=O) groups is 1. The van der Waals surface area contributed by atoms with Crippen LogP contribution in [0.25, 0.3) is 0 Å². The Bertz CT molecular complexity index is 550. The number of Topliss-reactive ketones (excluding diaryl/α,β-unsaturated/α-hetero) is 1. The normalized spacial score (nSPS) is 10.3. The number of aromatic nitrogens is 1. The Kier molecular flexibility index (Phi) is 3.69. The zero-order chi connectivity index (χ0) is 13.0. The summed E-state index contributed by atoms with van der Waals surface area (Å²) in [6.45, 7) is 0.320. The molecule has 0 saturated heterocycles. The molecule has 0 amide bonds. The van der Waals surface area contributed by atoms with Crippen molar-refractivity contribution >= 4 is 5.78 Å². The second kappa shape index (κ2) is 5.42. The maximum atomic E-state index is 12.0. The third kappa shape index (κ3) is 2.93.